The third-order valence-electron chi connectivity index (χ3n) is 2.87. The molecule has 0 bridgehead atoms. The summed E-state index contributed by atoms with van der Waals surface area (Å²) in [5, 5.41) is 6.54. The van der Waals surface area contributed by atoms with Crippen molar-refractivity contribution in [2.75, 3.05) is 5.32 Å². The van der Waals surface area contributed by atoms with Gasteiger partial charge in [0.2, 0.25) is 5.91 Å². The van der Waals surface area contributed by atoms with Crippen LogP contribution in [0.3, 0.4) is 0 Å². The topological polar surface area (TPSA) is 83.7 Å². The van der Waals surface area contributed by atoms with E-state index in [9.17, 15) is 9.59 Å². The summed E-state index contributed by atoms with van der Waals surface area (Å²) in [5.74, 6) is 0.927. The van der Waals surface area contributed by atoms with Crippen molar-refractivity contribution in [3.05, 3.63) is 53.5 Å². The average molecular weight is 299 g/mol. The summed E-state index contributed by atoms with van der Waals surface area (Å²) < 4.78 is 5.29. The molecular formula is C16H17N3O3. The number of nitrogens with one attached hydrogen (secondary N) is 2. The first kappa shape index (κ1) is 15.5. The van der Waals surface area contributed by atoms with E-state index in [1.165, 1.54) is 6.21 Å². The van der Waals surface area contributed by atoms with Crippen LogP contribution in [0.1, 0.15) is 35.2 Å². The van der Waals surface area contributed by atoms with Crippen molar-refractivity contribution in [1.82, 2.24) is 5.43 Å². The fourth-order valence-corrected chi connectivity index (χ4v) is 1.70. The molecule has 6 heteroatoms. The summed E-state index contributed by atoms with van der Waals surface area (Å²) in [4.78, 5) is 23.1. The Kier molecular flexibility index (Phi) is 5.08. The van der Waals surface area contributed by atoms with Gasteiger partial charge < -0.3 is 9.73 Å². The van der Waals surface area contributed by atoms with E-state index < -0.39 is 0 Å². The highest BCUT2D eigenvalue weighted by molar-refractivity contribution is 5.96. The lowest BCUT2D eigenvalue weighted by Gasteiger charge is -2.04. The highest BCUT2D eigenvalue weighted by atomic mass is 16.3. The number of hydrazone groups is 1. The van der Waals surface area contributed by atoms with Crippen LogP contribution < -0.4 is 10.7 Å². The number of hydrogen-bond donors (Lipinski definition) is 2. The van der Waals surface area contributed by atoms with Gasteiger partial charge in [-0.15, -0.1) is 0 Å². The average Bonchev–Trinajstić information content (AvgIpc) is 2.93. The van der Waals surface area contributed by atoms with Crippen LogP contribution in [0.2, 0.25) is 0 Å². The minimum absolute atomic E-state index is 0.0736. The second kappa shape index (κ2) is 7.21. The molecule has 0 atom stereocenters. The molecule has 1 aromatic heterocycles. The van der Waals surface area contributed by atoms with E-state index in [0.29, 0.717) is 23.4 Å². The van der Waals surface area contributed by atoms with Crippen molar-refractivity contribution < 1.29 is 14.0 Å². The van der Waals surface area contributed by atoms with E-state index in [1.54, 1.807) is 37.3 Å². The molecule has 1 heterocycles. The zero-order valence-electron chi connectivity index (χ0n) is 12.4. The molecule has 0 aliphatic rings. The van der Waals surface area contributed by atoms with Crippen LogP contribution in [-0.4, -0.2) is 18.0 Å². The Morgan fingerprint density at radius 2 is 1.91 bits per heavy atom. The van der Waals surface area contributed by atoms with E-state index in [1.807, 2.05) is 13.0 Å². The highest BCUT2D eigenvalue weighted by Gasteiger charge is 2.05. The van der Waals surface area contributed by atoms with Crippen LogP contribution in [0.4, 0.5) is 5.69 Å². The van der Waals surface area contributed by atoms with Gasteiger partial charge in [0.15, 0.2) is 0 Å². The highest BCUT2D eigenvalue weighted by Crippen LogP contribution is 2.10. The van der Waals surface area contributed by atoms with Gasteiger partial charge >= 0.3 is 0 Å². The largest absolute Gasteiger partial charge is 0.460 e. The molecular weight excluding hydrogens is 282 g/mol. The number of carbonyl (C=O) groups is 2. The molecule has 0 spiro atoms. The molecule has 0 saturated carbocycles. The zero-order chi connectivity index (χ0) is 15.9. The molecule has 0 unspecified atom stereocenters. The molecule has 0 aliphatic heterocycles. The quantitative estimate of drug-likeness (QED) is 0.657. The Labute approximate surface area is 128 Å². The minimum atomic E-state index is -0.340. The summed E-state index contributed by atoms with van der Waals surface area (Å²) in [5.41, 5.74) is 3.51. The number of nitrogens with zero attached hydrogens (tertiary/aromatic N) is 1. The summed E-state index contributed by atoms with van der Waals surface area (Å²) in [7, 11) is 0. The Morgan fingerprint density at radius 1 is 1.18 bits per heavy atom. The van der Waals surface area contributed by atoms with Gasteiger partial charge in [-0.1, -0.05) is 6.92 Å². The number of benzene rings is 1. The monoisotopic (exact) mass is 299 g/mol. The number of hydrogen-bond acceptors (Lipinski definition) is 4. The molecule has 0 aliphatic carbocycles. The molecule has 2 rings (SSSR count). The van der Waals surface area contributed by atoms with Crippen molar-refractivity contribution >= 4 is 23.7 Å². The fourth-order valence-electron chi connectivity index (χ4n) is 1.70. The van der Waals surface area contributed by atoms with Crippen LogP contribution in [-0.2, 0) is 4.79 Å². The maximum atomic E-state index is 11.9. The smallest absolute Gasteiger partial charge is 0.271 e. The van der Waals surface area contributed by atoms with Gasteiger partial charge in [-0.2, -0.15) is 5.10 Å². The third kappa shape index (κ3) is 4.31. The van der Waals surface area contributed by atoms with Gasteiger partial charge in [-0.05, 0) is 43.3 Å². The summed E-state index contributed by atoms with van der Waals surface area (Å²) in [6.07, 6.45) is 1.84. The number of carbonyl (C=O) groups excluding carboxylic acids is 2. The lowest BCUT2D eigenvalue weighted by atomic mass is 10.2. The van der Waals surface area contributed by atoms with Gasteiger partial charge in [0, 0.05) is 17.7 Å². The number of amides is 2. The molecule has 22 heavy (non-hydrogen) atoms. The number of furan rings is 1. The zero-order valence-corrected chi connectivity index (χ0v) is 12.4. The van der Waals surface area contributed by atoms with Crippen LogP contribution in [0.5, 0.6) is 0 Å². The third-order valence-corrected chi connectivity index (χ3v) is 2.87. The summed E-state index contributed by atoms with van der Waals surface area (Å²) in [6.45, 7) is 3.60. The molecule has 6 nitrogen and oxygen atoms in total. The molecule has 2 N–H and O–H groups in total. The van der Waals surface area contributed by atoms with Crippen LogP contribution >= 0.6 is 0 Å². The van der Waals surface area contributed by atoms with Gasteiger partial charge in [0.1, 0.15) is 11.5 Å². The maximum absolute atomic E-state index is 11.9. The second-order valence-corrected chi connectivity index (χ2v) is 4.63. The van der Waals surface area contributed by atoms with Crippen LogP contribution in [0.25, 0.3) is 0 Å². The van der Waals surface area contributed by atoms with E-state index in [-0.39, 0.29) is 11.8 Å². The predicted molar refractivity (Wildman–Crippen MR) is 83.9 cm³/mol. The fraction of sp³-hybridized carbons (Fsp3) is 0.188. The maximum Gasteiger partial charge on any atom is 0.271 e. The summed E-state index contributed by atoms with van der Waals surface area (Å²) >= 11 is 0. The lowest BCUT2D eigenvalue weighted by molar-refractivity contribution is -0.115. The van der Waals surface area contributed by atoms with Gasteiger partial charge in [-0.25, -0.2) is 5.43 Å². The van der Waals surface area contributed by atoms with Crippen molar-refractivity contribution in [2.24, 2.45) is 5.10 Å². The van der Waals surface area contributed by atoms with Crippen LogP contribution in [0.15, 0.2) is 45.9 Å². The standard InChI is InChI=1S/C16H17N3O3/c1-3-15(20)18-13-7-5-12(6-8-13)16(21)19-17-10-14-9-4-11(2)22-14/h4-10H,3H2,1-2H3,(H,18,20)(H,19,21)/b17-10-. The van der Waals surface area contributed by atoms with Crippen molar-refractivity contribution in [1.29, 1.82) is 0 Å². The molecule has 0 radical (unpaired) electrons. The van der Waals surface area contributed by atoms with Gasteiger partial charge in [0.25, 0.3) is 5.91 Å². The van der Waals surface area contributed by atoms with Crippen molar-refractivity contribution in [3.8, 4) is 0 Å². The Hall–Kier alpha value is -2.89. The van der Waals surface area contributed by atoms with Gasteiger partial charge in [0.05, 0.1) is 6.21 Å². The first-order valence-corrected chi connectivity index (χ1v) is 6.88. The lowest BCUT2D eigenvalue weighted by Crippen LogP contribution is -2.17. The number of rotatable bonds is 5. The van der Waals surface area contributed by atoms with E-state index in [4.69, 9.17) is 4.42 Å². The van der Waals surface area contributed by atoms with Crippen molar-refractivity contribution in [3.63, 3.8) is 0 Å². The molecule has 0 saturated heterocycles. The first-order valence-electron chi connectivity index (χ1n) is 6.88. The minimum Gasteiger partial charge on any atom is -0.460 e. The molecule has 2 amide bonds. The Balaban J connectivity index is 1.92. The van der Waals surface area contributed by atoms with Gasteiger partial charge in [-0.3, -0.25) is 9.59 Å². The van der Waals surface area contributed by atoms with Crippen molar-refractivity contribution in [2.45, 2.75) is 20.3 Å². The first-order chi connectivity index (χ1) is 10.6. The Bertz CT molecular complexity index is 687. The molecule has 114 valence electrons. The normalized spacial score (nSPS) is 10.6. The second-order valence-electron chi connectivity index (χ2n) is 4.63. The molecule has 0 fully saturated rings. The van der Waals surface area contributed by atoms with E-state index in [2.05, 4.69) is 15.8 Å². The molecule has 1 aromatic carbocycles. The van der Waals surface area contributed by atoms with E-state index in [0.717, 1.165) is 5.76 Å². The summed E-state index contributed by atoms with van der Waals surface area (Å²) in [6, 6.07) is 10.1. The molecule has 2 aromatic rings. The van der Waals surface area contributed by atoms with E-state index >= 15 is 0 Å². The number of aryl methyl sites for hydroxylation is 1. The number of anilines is 1. The predicted octanol–water partition coefficient (Wildman–Crippen LogP) is 2.70. The SMILES string of the molecule is CCC(=O)Nc1ccc(C(=O)N/N=C\c2ccc(C)o2)cc1. The van der Waals surface area contributed by atoms with Crippen LogP contribution in [0, 0.1) is 6.92 Å². The Morgan fingerprint density at radius 3 is 2.50 bits per heavy atom.